The van der Waals surface area contributed by atoms with Gasteiger partial charge < -0.3 is 20.3 Å². The molecule has 31 heavy (non-hydrogen) atoms. The Balaban J connectivity index is 1.87. The summed E-state index contributed by atoms with van der Waals surface area (Å²) in [6, 6.07) is 17.8. The Kier molecular flexibility index (Phi) is 7.87. The highest BCUT2D eigenvalue weighted by Gasteiger charge is 2.21. The lowest BCUT2D eigenvalue weighted by molar-refractivity contribution is 0.0801. The first-order valence-electron chi connectivity index (χ1n) is 9.42. The van der Waals surface area contributed by atoms with Gasteiger partial charge >= 0.3 is 0 Å². The lowest BCUT2D eigenvalue weighted by atomic mass is 10.0. The van der Waals surface area contributed by atoms with Crippen LogP contribution in [0.15, 0.2) is 66.7 Å². The van der Waals surface area contributed by atoms with Gasteiger partial charge in [-0.15, -0.1) is 0 Å². The van der Waals surface area contributed by atoms with E-state index >= 15 is 0 Å². The Morgan fingerprint density at radius 2 is 1.77 bits per heavy atom. The van der Waals surface area contributed by atoms with Crippen molar-refractivity contribution in [2.45, 2.75) is 12.2 Å². The van der Waals surface area contributed by atoms with E-state index in [1.165, 1.54) is 12.1 Å². The highest BCUT2D eigenvalue weighted by molar-refractivity contribution is 6.31. The van der Waals surface area contributed by atoms with Gasteiger partial charge in [0.05, 0.1) is 12.7 Å². The van der Waals surface area contributed by atoms with Crippen molar-refractivity contribution in [2.75, 3.05) is 13.2 Å². The van der Waals surface area contributed by atoms with Crippen LogP contribution < -0.4 is 10.1 Å². The summed E-state index contributed by atoms with van der Waals surface area (Å²) in [6.07, 6.45) is -1.80. The molecule has 1 amide bonds. The van der Waals surface area contributed by atoms with E-state index in [-0.39, 0.29) is 17.9 Å². The average Bonchev–Trinajstić information content (AvgIpc) is 2.77. The van der Waals surface area contributed by atoms with Crippen molar-refractivity contribution in [1.82, 2.24) is 5.32 Å². The summed E-state index contributed by atoms with van der Waals surface area (Å²) in [5.74, 6) is -1.38. The molecular formula is C23H20Cl2FNO4. The fourth-order valence-corrected chi connectivity index (χ4v) is 3.24. The van der Waals surface area contributed by atoms with Crippen LogP contribution in [0.4, 0.5) is 4.39 Å². The second-order valence-corrected chi connectivity index (χ2v) is 7.61. The number of ether oxygens (including phenoxy) is 1. The van der Waals surface area contributed by atoms with E-state index in [0.717, 1.165) is 11.6 Å². The van der Waals surface area contributed by atoms with Crippen molar-refractivity contribution in [2.24, 2.45) is 0 Å². The first-order valence-corrected chi connectivity index (χ1v) is 10.2. The Hall–Kier alpha value is -2.64. The molecule has 8 heteroatoms. The molecule has 0 radical (unpaired) electrons. The molecule has 0 saturated heterocycles. The van der Waals surface area contributed by atoms with Crippen LogP contribution in [0.2, 0.25) is 10.0 Å². The molecule has 0 aliphatic carbocycles. The van der Waals surface area contributed by atoms with Crippen molar-refractivity contribution in [3.8, 4) is 5.75 Å². The van der Waals surface area contributed by atoms with Crippen molar-refractivity contribution in [3.05, 3.63) is 99.3 Å². The SMILES string of the molecule is O=C(NCC(O)CO)c1ccc(OC(c2ccc(Cl)cc2)c2ccccc2Cl)c(F)c1. The zero-order valence-electron chi connectivity index (χ0n) is 16.3. The first-order chi connectivity index (χ1) is 14.9. The molecule has 0 saturated carbocycles. The summed E-state index contributed by atoms with van der Waals surface area (Å²) in [5, 5.41) is 21.6. The first kappa shape index (κ1) is 23.0. The van der Waals surface area contributed by atoms with Gasteiger partial charge in [0.15, 0.2) is 17.7 Å². The molecule has 0 aromatic heterocycles. The molecule has 2 atom stereocenters. The van der Waals surface area contributed by atoms with Gasteiger partial charge in [0.2, 0.25) is 0 Å². The third-order valence-electron chi connectivity index (χ3n) is 4.51. The maximum absolute atomic E-state index is 14.8. The minimum absolute atomic E-state index is 0.0516. The zero-order chi connectivity index (χ0) is 22.4. The number of aliphatic hydroxyl groups excluding tert-OH is 2. The number of hydrogen-bond acceptors (Lipinski definition) is 4. The number of rotatable bonds is 8. The smallest absolute Gasteiger partial charge is 0.251 e. The second kappa shape index (κ2) is 10.6. The summed E-state index contributed by atoms with van der Waals surface area (Å²) < 4.78 is 20.8. The van der Waals surface area contributed by atoms with Crippen molar-refractivity contribution in [1.29, 1.82) is 0 Å². The van der Waals surface area contributed by atoms with E-state index in [2.05, 4.69) is 5.32 Å². The minimum atomic E-state index is -1.09. The molecule has 0 fully saturated rings. The highest BCUT2D eigenvalue weighted by atomic mass is 35.5. The molecule has 3 rings (SSSR count). The molecular weight excluding hydrogens is 444 g/mol. The van der Waals surface area contributed by atoms with Crippen LogP contribution in [-0.2, 0) is 0 Å². The molecule has 5 nitrogen and oxygen atoms in total. The van der Waals surface area contributed by atoms with Crippen LogP contribution in [0, 0.1) is 5.82 Å². The van der Waals surface area contributed by atoms with E-state index in [1.807, 2.05) is 0 Å². The molecule has 0 heterocycles. The number of nitrogens with one attached hydrogen (secondary N) is 1. The number of carbonyl (C=O) groups excluding carboxylic acids is 1. The van der Waals surface area contributed by atoms with Gasteiger partial charge in [0, 0.05) is 27.7 Å². The molecule has 0 aliphatic rings. The summed E-state index contributed by atoms with van der Waals surface area (Å²) in [6.45, 7) is -0.643. The number of halogens is 3. The Morgan fingerprint density at radius 1 is 1.06 bits per heavy atom. The average molecular weight is 464 g/mol. The fraction of sp³-hybridized carbons (Fsp3) is 0.174. The van der Waals surface area contributed by atoms with Crippen molar-refractivity contribution >= 4 is 29.1 Å². The monoisotopic (exact) mass is 463 g/mol. The van der Waals surface area contributed by atoms with Crippen molar-refractivity contribution in [3.63, 3.8) is 0 Å². The summed E-state index contributed by atoms with van der Waals surface area (Å²) >= 11 is 12.3. The Labute approximate surface area is 189 Å². The van der Waals surface area contributed by atoms with Crippen molar-refractivity contribution < 1.29 is 24.1 Å². The number of hydrogen-bond donors (Lipinski definition) is 3. The van der Waals surface area contributed by atoms with Gasteiger partial charge in [-0.2, -0.15) is 0 Å². The molecule has 2 unspecified atom stereocenters. The Bertz CT molecular complexity index is 1050. The van der Waals surface area contributed by atoms with E-state index in [0.29, 0.717) is 15.6 Å². The molecule has 0 bridgehead atoms. The zero-order valence-corrected chi connectivity index (χ0v) is 17.8. The normalized spacial score (nSPS) is 12.8. The third-order valence-corrected chi connectivity index (χ3v) is 5.10. The summed E-state index contributed by atoms with van der Waals surface area (Å²) in [4.78, 5) is 12.1. The van der Waals surface area contributed by atoms with E-state index < -0.39 is 30.5 Å². The lowest BCUT2D eigenvalue weighted by Gasteiger charge is -2.22. The molecule has 0 aliphatic heterocycles. The van der Waals surface area contributed by atoms with E-state index in [4.69, 9.17) is 33.0 Å². The topological polar surface area (TPSA) is 78.8 Å². The van der Waals surface area contributed by atoms with Crippen LogP contribution in [0.1, 0.15) is 27.6 Å². The van der Waals surface area contributed by atoms with E-state index in [1.54, 1.807) is 48.5 Å². The summed E-state index contributed by atoms with van der Waals surface area (Å²) in [7, 11) is 0. The maximum atomic E-state index is 14.8. The summed E-state index contributed by atoms with van der Waals surface area (Å²) in [5.41, 5.74) is 1.41. The predicted molar refractivity (Wildman–Crippen MR) is 117 cm³/mol. The molecule has 3 N–H and O–H groups in total. The molecule has 162 valence electrons. The van der Waals surface area contributed by atoms with Crippen LogP contribution in [-0.4, -0.2) is 35.4 Å². The fourth-order valence-electron chi connectivity index (χ4n) is 2.88. The molecule has 0 spiro atoms. The van der Waals surface area contributed by atoms with Crippen LogP contribution in [0.3, 0.4) is 0 Å². The standard InChI is InChI=1S/C23H20Cl2FNO4/c24-16-8-5-14(6-9-16)22(18-3-1-2-4-19(18)25)31-21-10-7-15(11-20(21)26)23(30)27-12-17(29)13-28/h1-11,17,22,28-29H,12-13H2,(H,27,30). The van der Waals surface area contributed by atoms with Gasteiger partial charge in [-0.05, 0) is 42.0 Å². The van der Waals surface area contributed by atoms with Gasteiger partial charge in [-0.3, -0.25) is 4.79 Å². The third kappa shape index (κ3) is 5.95. The van der Waals surface area contributed by atoms with Crippen LogP contribution in [0.25, 0.3) is 0 Å². The maximum Gasteiger partial charge on any atom is 0.251 e. The number of amides is 1. The van der Waals surface area contributed by atoms with Gasteiger partial charge in [-0.25, -0.2) is 4.39 Å². The predicted octanol–water partition coefficient (Wildman–Crippen LogP) is 4.38. The quantitative estimate of drug-likeness (QED) is 0.462. The van der Waals surface area contributed by atoms with E-state index in [9.17, 15) is 14.3 Å². The molecule has 3 aromatic carbocycles. The van der Waals surface area contributed by atoms with Gasteiger partial charge in [-0.1, -0.05) is 53.5 Å². The van der Waals surface area contributed by atoms with Crippen LogP contribution in [0.5, 0.6) is 5.75 Å². The van der Waals surface area contributed by atoms with Crippen LogP contribution >= 0.6 is 23.2 Å². The molecule has 3 aromatic rings. The second-order valence-electron chi connectivity index (χ2n) is 6.76. The lowest BCUT2D eigenvalue weighted by Crippen LogP contribution is -2.33. The Morgan fingerprint density at radius 3 is 2.42 bits per heavy atom. The number of carbonyl (C=O) groups is 1. The minimum Gasteiger partial charge on any atom is -0.478 e. The van der Waals surface area contributed by atoms with Gasteiger partial charge in [0.25, 0.3) is 5.91 Å². The number of benzene rings is 3. The largest absolute Gasteiger partial charge is 0.478 e. The van der Waals surface area contributed by atoms with Gasteiger partial charge in [0.1, 0.15) is 0 Å². The number of aliphatic hydroxyl groups is 2. The highest BCUT2D eigenvalue weighted by Crippen LogP contribution is 2.34.